The van der Waals surface area contributed by atoms with Crippen molar-refractivity contribution in [2.24, 2.45) is 0 Å². The molecule has 0 N–H and O–H groups in total. The molecule has 0 amide bonds. The van der Waals surface area contributed by atoms with Gasteiger partial charge in [-0.2, -0.15) is 0 Å². The van der Waals surface area contributed by atoms with Crippen LogP contribution in [0.1, 0.15) is 28.4 Å². The molecule has 0 aliphatic heterocycles. The number of ether oxygens (including phenoxy) is 1. The first-order chi connectivity index (χ1) is 9.88. The van der Waals surface area contributed by atoms with Gasteiger partial charge in [0.05, 0.1) is 0 Å². The normalized spacial score (nSPS) is 12.0. The lowest BCUT2D eigenvalue weighted by Gasteiger charge is -2.16. The van der Waals surface area contributed by atoms with Gasteiger partial charge in [0.25, 0.3) is 0 Å². The zero-order chi connectivity index (χ0) is 15.6. The number of benzene rings is 2. The molecule has 0 fully saturated rings. The number of hydrogen-bond donors (Lipinski definition) is 0. The largest absolute Gasteiger partial charge is 0.479 e. The van der Waals surface area contributed by atoms with Gasteiger partial charge in [-0.05, 0) is 44.5 Å². The van der Waals surface area contributed by atoms with Crippen molar-refractivity contribution < 1.29 is 18.3 Å². The molecule has 110 valence electrons. The Kier molecular flexibility index (Phi) is 4.36. The number of Topliss-reactive ketones (excluding diaryl/α,β-unsaturated/α-hetero) is 1. The SMILES string of the molecule is Cc1ccc(C)c(C(=O)C(C)Oc2cc(F)ccc2F)c1. The van der Waals surface area contributed by atoms with Crippen LogP contribution in [-0.2, 0) is 0 Å². The first-order valence-corrected chi connectivity index (χ1v) is 6.61. The van der Waals surface area contributed by atoms with Gasteiger partial charge in [-0.3, -0.25) is 4.79 Å². The predicted molar refractivity (Wildman–Crippen MR) is 76.7 cm³/mol. The molecule has 0 aromatic heterocycles. The van der Waals surface area contributed by atoms with E-state index in [1.54, 1.807) is 6.07 Å². The molecule has 2 rings (SSSR count). The molecule has 4 heteroatoms. The molecule has 0 bridgehead atoms. The summed E-state index contributed by atoms with van der Waals surface area (Å²) in [6, 6.07) is 8.42. The van der Waals surface area contributed by atoms with Crippen LogP contribution in [0.15, 0.2) is 36.4 Å². The van der Waals surface area contributed by atoms with Crippen molar-refractivity contribution in [2.75, 3.05) is 0 Å². The second-order valence-electron chi connectivity index (χ2n) is 5.02. The second-order valence-corrected chi connectivity index (χ2v) is 5.02. The Labute approximate surface area is 122 Å². The van der Waals surface area contributed by atoms with Crippen LogP contribution in [0.5, 0.6) is 5.75 Å². The van der Waals surface area contributed by atoms with E-state index in [1.807, 2.05) is 26.0 Å². The molecule has 0 aliphatic carbocycles. The van der Waals surface area contributed by atoms with E-state index >= 15 is 0 Å². The number of ketones is 1. The summed E-state index contributed by atoms with van der Waals surface area (Å²) in [4.78, 5) is 12.4. The summed E-state index contributed by atoms with van der Waals surface area (Å²) in [6.07, 6.45) is -0.901. The van der Waals surface area contributed by atoms with Crippen LogP contribution < -0.4 is 4.74 Å². The average molecular weight is 290 g/mol. The molecule has 2 aromatic carbocycles. The highest BCUT2D eigenvalue weighted by atomic mass is 19.1. The van der Waals surface area contributed by atoms with Gasteiger partial charge < -0.3 is 4.74 Å². The molecule has 21 heavy (non-hydrogen) atoms. The number of rotatable bonds is 4. The smallest absolute Gasteiger partial charge is 0.203 e. The molecule has 1 unspecified atom stereocenters. The Balaban J connectivity index is 2.23. The first kappa shape index (κ1) is 15.2. The highest BCUT2D eigenvalue weighted by molar-refractivity contribution is 6.00. The van der Waals surface area contributed by atoms with Gasteiger partial charge in [-0.25, -0.2) is 8.78 Å². The standard InChI is InChI=1S/C17H16F2O2/c1-10-4-5-11(2)14(8-10)17(20)12(3)21-16-9-13(18)6-7-15(16)19/h4-9,12H,1-3H3. The van der Waals surface area contributed by atoms with Crippen molar-refractivity contribution in [3.05, 3.63) is 64.7 Å². The Morgan fingerprint density at radius 3 is 2.52 bits per heavy atom. The summed E-state index contributed by atoms with van der Waals surface area (Å²) in [5.41, 5.74) is 2.30. The number of halogens is 2. The van der Waals surface area contributed by atoms with Crippen molar-refractivity contribution in [3.8, 4) is 5.75 Å². The molecule has 0 radical (unpaired) electrons. The van der Waals surface area contributed by atoms with Gasteiger partial charge in [0.2, 0.25) is 5.78 Å². The Hall–Kier alpha value is -2.23. The lowest BCUT2D eigenvalue weighted by Crippen LogP contribution is -2.25. The third-order valence-electron chi connectivity index (χ3n) is 3.22. The minimum absolute atomic E-state index is 0.263. The van der Waals surface area contributed by atoms with Gasteiger partial charge in [0, 0.05) is 11.6 Å². The minimum atomic E-state index is -0.901. The van der Waals surface area contributed by atoms with E-state index in [1.165, 1.54) is 6.92 Å². The lowest BCUT2D eigenvalue weighted by molar-refractivity contribution is 0.0811. The lowest BCUT2D eigenvalue weighted by atomic mass is 9.99. The number of carbonyl (C=O) groups excluding carboxylic acids is 1. The number of hydrogen-bond acceptors (Lipinski definition) is 2. The molecule has 2 aromatic rings. The van der Waals surface area contributed by atoms with Crippen LogP contribution in [0, 0.1) is 25.5 Å². The van der Waals surface area contributed by atoms with E-state index in [-0.39, 0.29) is 11.5 Å². The molecule has 0 heterocycles. The maximum absolute atomic E-state index is 13.5. The van der Waals surface area contributed by atoms with Crippen LogP contribution in [-0.4, -0.2) is 11.9 Å². The molecule has 1 atom stereocenters. The van der Waals surface area contributed by atoms with E-state index in [4.69, 9.17) is 4.74 Å². The number of aryl methyl sites for hydroxylation is 2. The first-order valence-electron chi connectivity index (χ1n) is 6.61. The molecule has 0 aliphatic rings. The van der Waals surface area contributed by atoms with Crippen molar-refractivity contribution in [1.82, 2.24) is 0 Å². The van der Waals surface area contributed by atoms with E-state index in [0.717, 1.165) is 29.3 Å². The fraction of sp³-hybridized carbons (Fsp3) is 0.235. The predicted octanol–water partition coefficient (Wildman–Crippen LogP) is 4.23. The topological polar surface area (TPSA) is 26.3 Å². The van der Waals surface area contributed by atoms with Gasteiger partial charge in [-0.15, -0.1) is 0 Å². The molecule has 0 saturated carbocycles. The monoisotopic (exact) mass is 290 g/mol. The van der Waals surface area contributed by atoms with Crippen LogP contribution >= 0.6 is 0 Å². The second kappa shape index (κ2) is 6.04. The van der Waals surface area contributed by atoms with E-state index < -0.39 is 17.7 Å². The van der Waals surface area contributed by atoms with Gasteiger partial charge in [-0.1, -0.05) is 17.7 Å². The van der Waals surface area contributed by atoms with Crippen LogP contribution in [0.3, 0.4) is 0 Å². The molecule has 0 spiro atoms. The van der Waals surface area contributed by atoms with Crippen LogP contribution in [0.2, 0.25) is 0 Å². The van der Waals surface area contributed by atoms with Crippen molar-refractivity contribution in [3.63, 3.8) is 0 Å². The fourth-order valence-electron chi connectivity index (χ4n) is 2.03. The third-order valence-corrected chi connectivity index (χ3v) is 3.22. The summed E-state index contributed by atoms with van der Waals surface area (Å²) in [5, 5.41) is 0. The van der Waals surface area contributed by atoms with Gasteiger partial charge in [0.15, 0.2) is 17.7 Å². The van der Waals surface area contributed by atoms with Crippen LogP contribution in [0.4, 0.5) is 8.78 Å². The Morgan fingerprint density at radius 2 is 1.81 bits per heavy atom. The average Bonchev–Trinajstić information content (AvgIpc) is 2.44. The maximum atomic E-state index is 13.5. The van der Waals surface area contributed by atoms with Crippen molar-refractivity contribution in [1.29, 1.82) is 0 Å². The van der Waals surface area contributed by atoms with Crippen LogP contribution in [0.25, 0.3) is 0 Å². The quantitative estimate of drug-likeness (QED) is 0.788. The van der Waals surface area contributed by atoms with E-state index in [9.17, 15) is 13.6 Å². The van der Waals surface area contributed by atoms with Crippen molar-refractivity contribution >= 4 is 5.78 Å². The Morgan fingerprint density at radius 1 is 1.10 bits per heavy atom. The Bertz CT molecular complexity index is 680. The zero-order valence-electron chi connectivity index (χ0n) is 12.1. The van der Waals surface area contributed by atoms with E-state index in [2.05, 4.69) is 0 Å². The summed E-state index contributed by atoms with van der Waals surface area (Å²) >= 11 is 0. The maximum Gasteiger partial charge on any atom is 0.203 e. The van der Waals surface area contributed by atoms with Gasteiger partial charge >= 0.3 is 0 Å². The fourth-order valence-corrected chi connectivity index (χ4v) is 2.03. The molecular weight excluding hydrogens is 274 g/mol. The van der Waals surface area contributed by atoms with Crippen molar-refractivity contribution in [2.45, 2.75) is 26.9 Å². The highest BCUT2D eigenvalue weighted by Gasteiger charge is 2.20. The molecule has 0 saturated heterocycles. The summed E-state index contributed by atoms with van der Waals surface area (Å²) < 4.78 is 31.9. The summed E-state index contributed by atoms with van der Waals surface area (Å²) in [5.74, 6) is -1.84. The van der Waals surface area contributed by atoms with E-state index in [0.29, 0.717) is 5.56 Å². The minimum Gasteiger partial charge on any atom is -0.479 e. The molecule has 2 nitrogen and oxygen atoms in total. The third kappa shape index (κ3) is 3.45. The summed E-state index contributed by atoms with van der Waals surface area (Å²) in [7, 11) is 0. The highest BCUT2D eigenvalue weighted by Crippen LogP contribution is 2.21. The number of carbonyl (C=O) groups is 1. The summed E-state index contributed by atoms with van der Waals surface area (Å²) in [6.45, 7) is 5.23. The molecular formula is C17H16F2O2. The van der Waals surface area contributed by atoms with Gasteiger partial charge in [0.1, 0.15) is 5.82 Å². The zero-order valence-corrected chi connectivity index (χ0v) is 12.1.